The van der Waals surface area contributed by atoms with E-state index in [1.165, 1.54) is 0 Å². The molecule has 1 atom stereocenters. The SMILES string of the molecule is [B][C@H](CCCN=C(N)N)NC(=O)C1(C(=O)NCc2ccccc2)CCCC1. The molecule has 0 spiro atoms. The number of amides is 2. The molecule has 1 fully saturated rings. The fourth-order valence-electron chi connectivity index (χ4n) is 3.38. The van der Waals surface area contributed by atoms with Crippen LogP contribution in [0.15, 0.2) is 35.3 Å². The highest BCUT2D eigenvalue weighted by Crippen LogP contribution is 2.38. The molecule has 8 heteroatoms. The minimum atomic E-state index is -1.04. The summed E-state index contributed by atoms with van der Waals surface area (Å²) in [6.07, 6.45) is 3.97. The Kier molecular flexibility index (Phi) is 7.70. The Morgan fingerprint density at radius 1 is 1.15 bits per heavy atom. The van der Waals surface area contributed by atoms with Gasteiger partial charge in [0.05, 0.1) is 7.85 Å². The van der Waals surface area contributed by atoms with Crippen LogP contribution in [0.25, 0.3) is 0 Å². The smallest absolute Gasteiger partial charge is 0.235 e. The first-order chi connectivity index (χ1) is 12.9. The van der Waals surface area contributed by atoms with Crippen molar-refractivity contribution in [3.63, 3.8) is 0 Å². The molecule has 0 bridgehead atoms. The van der Waals surface area contributed by atoms with Gasteiger partial charge in [-0.3, -0.25) is 14.6 Å². The van der Waals surface area contributed by atoms with Gasteiger partial charge in [-0.2, -0.15) is 0 Å². The second kappa shape index (κ2) is 9.99. The second-order valence-electron chi connectivity index (χ2n) is 6.99. The number of hydrogen-bond donors (Lipinski definition) is 4. The van der Waals surface area contributed by atoms with E-state index in [1.54, 1.807) is 0 Å². The Hall–Kier alpha value is -2.51. The van der Waals surface area contributed by atoms with Gasteiger partial charge in [0.15, 0.2) is 5.96 Å². The molecule has 2 radical (unpaired) electrons. The lowest BCUT2D eigenvalue weighted by atomic mass is 9.82. The minimum Gasteiger partial charge on any atom is -0.370 e. The fraction of sp³-hybridized carbons (Fsp3) is 0.526. The molecule has 1 aromatic rings. The Bertz CT molecular complexity index is 655. The van der Waals surface area contributed by atoms with Gasteiger partial charge >= 0.3 is 0 Å². The molecule has 1 saturated carbocycles. The molecule has 6 N–H and O–H groups in total. The van der Waals surface area contributed by atoms with Gasteiger partial charge in [0.1, 0.15) is 5.41 Å². The Morgan fingerprint density at radius 3 is 2.44 bits per heavy atom. The second-order valence-corrected chi connectivity index (χ2v) is 6.99. The van der Waals surface area contributed by atoms with E-state index in [2.05, 4.69) is 15.6 Å². The lowest BCUT2D eigenvalue weighted by molar-refractivity contribution is -0.143. The van der Waals surface area contributed by atoms with Crippen LogP contribution in [-0.2, 0) is 16.1 Å². The maximum absolute atomic E-state index is 12.9. The van der Waals surface area contributed by atoms with E-state index >= 15 is 0 Å². The third kappa shape index (κ3) is 6.01. The summed E-state index contributed by atoms with van der Waals surface area (Å²) < 4.78 is 0. The summed E-state index contributed by atoms with van der Waals surface area (Å²) in [6.45, 7) is 0.855. The molecule has 1 aromatic carbocycles. The minimum absolute atomic E-state index is 0.0348. The zero-order valence-electron chi connectivity index (χ0n) is 15.6. The van der Waals surface area contributed by atoms with Crippen molar-refractivity contribution in [3.05, 3.63) is 35.9 Å². The van der Waals surface area contributed by atoms with Crippen molar-refractivity contribution in [2.45, 2.75) is 51.0 Å². The number of carbonyl (C=O) groups is 2. The van der Waals surface area contributed by atoms with Crippen molar-refractivity contribution < 1.29 is 9.59 Å². The van der Waals surface area contributed by atoms with Crippen LogP contribution in [0.5, 0.6) is 0 Å². The molecule has 27 heavy (non-hydrogen) atoms. The number of nitrogens with one attached hydrogen (secondary N) is 2. The number of guanidine groups is 1. The Balaban J connectivity index is 1.90. The van der Waals surface area contributed by atoms with Gasteiger partial charge in [-0.1, -0.05) is 43.2 Å². The van der Waals surface area contributed by atoms with Crippen LogP contribution in [0.1, 0.15) is 44.1 Å². The van der Waals surface area contributed by atoms with Gasteiger partial charge in [0, 0.05) is 13.1 Å². The molecule has 0 unspecified atom stereocenters. The van der Waals surface area contributed by atoms with Crippen LogP contribution >= 0.6 is 0 Å². The van der Waals surface area contributed by atoms with Gasteiger partial charge in [0.2, 0.25) is 11.8 Å². The van der Waals surface area contributed by atoms with Crippen molar-refractivity contribution in [1.82, 2.24) is 10.6 Å². The van der Waals surface area contributed by atoms with E-state index in [0.29, 0.717) is 38.8 Å². The summed E-state index contributed by atoms with van der Waals surface area (Å²) in [4.78, 5) is 29.6. The summed E-state index contributed by atoms with van der Waals surface area (Å²) in [6, 6.07) is 9.63. The van der Waals surface area contributed by atoms with Crippen molar-refractivity contribution in [3.8, 4) is 0 Å². The predicted molar refractivity (Wildman–Crippen MR) is 107 cm³/mol. The maximum Gasteiger partial charge on any atom is 0.235 e. The van der Waals surface area contributed by atoms with E-state index in [9.17, 15) is 9.59 Å². The third-order valence-corrected chi connectivity index (χ3v) is 4.91. The van der Waals surface area contributed by atoms with E-state index in [4.69, 9.17) is 19.3 Å². The fourth-order valence-corrected chi connectivity index (χ4v) is 3.38. The number of carbonyl (C=O) groups excluding carboxylic acids is 2. The topological polar surface area (TPSA) is 123 Å². The number of hydrogen-bond acceptors (Lipinski definition) is 3. The zero-order chi connectivity index (χ0) is 19.7. The number of rotatable bonds is 9. The first kappa shape index (κ1) is 20.8. The van der Waals surface area contributed by atoms with Crippen molar-refractivity contribution in [2.24, 2.45) is 21.9 Å². The lowest BCUT2D eigenvalue weighted by Gasteiger charge is -2.28. The monoisotopic (exact) mass is 369 g/mol. The molecule has 0 aliphatic heterocycles. The predicted octanol–water partition coefficient (Wildman–Crippen LogP) is 0.528. The van der Waals surface area contributed by atoms with Crippen LogP contribution in [0, 0.1) is 5.41 Å². The summed E-state index contributed by atoms with van der Waals surface area (Å²) in [5, 5.41) is 5.71. The van der Waals surface area contributed by atoms with Gasteiger partial charge in [-0.05, 0) is 37.2 Å². The summed E-state index contributed by atoms with van der Waals surface area (Å²) in [7, 11) is 6.01. The average Bonchev–Trinajstić information content (AvgIpc) is 3.15. The van der Waals surface area contributed by atoms with Gasteiger partial charge in [0.25, 0.3) is 0 Å². The average molecular weight is 369 g/mol. The standard InChI is InChI=1S/C19H28BN5O2/c20-15(9-6-12-23-18(21)22)25-17(27)19(10-4-5-11-19)16(26)24-13-14-7-2-1-3-8-14/h1-3,7-8,15H,4-6,9-13H2,(H,24,26)(H,25,27)(H4,21,22,23)/t15-/m0/s1. The molecule has 2 amide bonds. The number of nitrogens with zero attached hydrogens (tertiary/aromatic N) is 1. The first-order valence-electron chi connectivity index (χ1n) is 9.38. The molecular formula is C19H28BN5O2. The summed E-state index contributed by atoms with van der Waals surface area (Å²) in [5.74, 6) is -1.02. The highest BCUT2D eigenvalue weighted by Gasteiger charge is 2.47. The van der Waals surface area contributed by atoms with Crippen LogP contribution in [0.4, 0.5) is 0 Å². The summed E-state index contributed by atoms with van der Waals surface area (Å²) >= 11 is 0. The van der Waals surface area contributed by atoms with Crippen LogP contribution in [0.2, 0.25) is 0 Å². The zero-order valence-corrected chi connectivity index (χ0v) is 15.6. The number of benzene rings is 1. The molecule has 144 valence electrons. The van der Waals surface area contributed by atoms with Crippen molar-refractivity contribution in [2.75, 3.05) is 6.54 Å². The lowest BCUT2D eigenvalue weighted by Crippen LogP contribution is -2.52. The normalized spacial score (nSPS) is 16.3. The highest BCUT2D eigenvalue weighted by atomic mass is 16.2. The molecule has 1 aliphatic carbocycles. The quantitative estimate of drug-likeness (QED) is 0.167. The molecular weight excluding hydrogens is 341 g/mol. The number of aliphatic imine (C=N–C) groups is 1. The molecule has 1 aliphatic rings. The largest absolute Gasteiger partial charge is 0.370 e. The van der Waals surface area contributed by atoms with Crippen LogP contribution in [-0.4, -0.2) is 38.1 Å². The van der Waals surface area contributed by atoms with E-state index in [1.807, 2.05) is 30.3 Å². The van der Waals surface area contributed by atoms with E-state index < -0.39 is 11.4 Å². The molecule has 0 saturated heterocycles. The Morgan fingerprint density at radius 2 is 1.81 bits per heavy atom. The maximum atomic E-state index is 12.9. The van der Waals surface area contributed by atoms with E-state index in [0.717, 1.165) is 18.4 Å². The summed E-state index contributed by atoms with van der Waals surface area (Å²) in [5.41, 5.74) is 10.5. The van der Waals surface area contributed by atoms with Crippen LogP contribution in [0.3, 0.4) is 0 Å². The third-order valence-electron chi connectivity index (χ3n) is 4.91. The highest BCUT2D eigenvalue weighted by molar-refractivity contribution is 6.14. The van der Waals surface area contributed by atoms with Gasteiger partial charge in [-0.15, -0.1) is 0 Å². The van der Waals surface area contributed by atoms with Crippen molar-refractivity contribution >= 4 is 25.6 Å². The molecule has 2 rings (SSSR count). The van der Waals surface area contributed by atoms with E-state index in [-0.39, 0.29) is 17.8 Å². The number of nitrogens with two attached hydrogens (primary N) is 2. The van der Waals surface area contributed by atoms with Gasteiger partial charge < -0.3 is 22.1 Å². The van der Waals surface area contributed by atoms with Crippen molar-refractivity contribution in [1.29, 1.82) is 0 Å². The Labute approximate surface area is 161 Å². The van der Waals surface area contributed by atoms with Gasteiger partial charge in [-0.25, -0.2) is 0 Å². The first-order valence-corrected chi connectivity index (χ1v) is 9.38. The van der Waals surface area contributed by atoms with Crippen LogP contribution < -0.4 is 22.1 Å². The molecule has 0 heterocycles. The molecule has 7 nitrogen and oxygen atoms in total. The molecule has 0 aromatic heterocycles.